The highest BCUT2D eigenvalue weighted by atomic mass is 35.5. The van der Waals surface area contributed by atoms with Crippen LogP contribution in [-0.4, -0.2) is 15.2 Å². The van der Waals surface area contributed by atoms with Crippen LogP contribution >= 0.6 is 11.6 Å². The molecule has 0 amide bonds. The van der Waals surface area contributed by atoms with Gasteiger partial charge in [0.05, 0.1) is 0 Å². The van der Waals surface area contributed by atoms with E-state index in [1.807, 2.05) is 49.4 Å². The van der Waals surface area contributed by atoms with Crippen LogP contribution in [0, 0.1) is 6.92 Å². The predicted molar refractivity (Wildman–Crippen MR) is 85.7 cm³/mol. The third-order valence-electron chi connectivity index (χ3n) is 3.15. The standard InChI is InChI=1S/C15H14ClN5/c1-9-3-2-4-12(16)13(9)10-5-7-11(8-6-10)18-15-19-14(17)20-21-15/h2-8H,1H3,(H4,17,18,19,20,21). The Bertz CT molecular complexity index is 744. The lowest BCUT2D eigenvalue weighted by Crippen LogP contribution is -1.93. The molecule has 0 unspecified atom stereocenters. The second-order valence-electron chi connectivity index (χ2n) is 4.68. The maximum atomic E-state index is 6.28. The summed E-state index contributed by atoms with van der Waals surface area (Å²) in [5.41, 5.74) is 9.62. The average Bonchev–Trinajstić information content (AvgIpc) is 2.86. The molecule has 0 bridgehead atoms. The van der Waals surface area contributed by atoms with Crippen molar-refractivity contribution < 1.29 is 0 Å². The second-order valence-corrected chi connectivity index (χ2v) is 5.09. The summed E-state index contributed by atoms with van der Waals surface area (Å²) in [5, 5.41) is 10.3. The highest BCUT2D eigenvalue weighted by Crippen LogP contribution is 2.31. The van der Waals surface area contributed by atoms with Crippen LogP contribution in [0.4, 0.5) is 17.6 Å². The van der Waals surface area contributed by atoms with Gasteiger partial charge in [-0.05, 0) is 36.2 Å². The zero-order valence-corrected chi connectivity index (χ0v) is 12.1. The molecule has 3 aromatic rings. The first-order chi connectivity index (χ1) is 10.1. The van der Waals surface area contributed by atoms with Crippen LogP contribution in [0.25, 0.3) is 11.1 Å². The first-order valence-electron chi connectivity index (χ1n) is 6.44. The summed E-state index contributed by atoms with van der Waals surface area (Å²) in [6.45, 7) is 2.05. The van der Waals surface area contributed by atoms with Crippen molar-refractivity contribution in [1.82, 2.24) is 15.2 Å². The fourth-order valence-electron chi connectivity index (χ4n) is 2.18. The highest BCUT2D eigenvalue weighted by molar-refractivity contribution is 6.33. The highest BCUT2D eigenvalue weighted by Gasteiger charge is 2.07. The van der Waals surface area contributed by atoms with E-state index >= 15 is 0 Å². The van der Waals surface area contributed by atoms with Crippen molar-refractivity contribution in [3.05, 3.63) is 53.1 Å². The fourth-order valence-corrected chi connectivity index (χ4v) is 2.51. The van der Waals surface area contributed by atoms with Gasteiger partial charge < -0.3 is 11.1 Å². The van der Waals surface area contributed by atoms with Gasteiger partial charge in [-0.15, -0.1) is 5.10 Å². The summed E-state index contributed by atoms with van der Waals surface area (Å²) in [4.78, 5) is 3.99. The molecule has 4 N–H and O–H groups in total. The normalized spacial score (nSPS) is 10.6. The van der Waals surface area contributed by atoms with Gasteiger partial charge in [-0.1, -0.05) is 35.9 Å². The lowest BCUT2D eigenvalue weighted by atomic mass is 10.0. The van der Waals surface area contributed by atoms with E-state index in [4.69, 9.17) is 17.3 Å². The van der Waals surface area contributed by atoms with Crippen LogP contribution in [0.15, 0.2) is 42.5 Å². The molecule has 0 atom stereocenters. The van der Waals surface area contributed by atoms with Crippen LogP contribution in [0.2, 0.25) is 5.02 Å². The van der Waals surface area contributed by atoms with Crippen LogP contribution in [-0.2, 0) is 0 Å². The van der Waals surface area contributed by atoms with Crippen molar-refractivity contribution in [3.63, 3.8) is 0 Å². The van der Waals surface area contributed by atoms with Crippen molar-refractivity contribution in [1.29, 1.82) is 0 Å². The summed E-state index contributed by atoms with van der Waals surface area (Å²) < 4.78 is 0. The van der Waals surface area contributed by atoms with Crippen molar-refractivity contribution in [3.8, 4) is 11.1 Å². The Kier molecular flexibility index (Phi) is 3.50. The molecule has 0 aliphatic rings. The number of aromatic nitrogens is 3. The number of aryl methyl sites for hydroxylation is 1. The van der Waals surface area contributed by atoms with Gasteiger partial charge in [0.15, 0.2) is 0 Å². The number of nitrogens with zero attached hydrogens (tertiary/aromatic N) is 2. The minimum atomic E-state index is 0.279. The van der Waals surface area contributed by atoms with Gasteiger partial charge in [-0.2, -0.15) is 4.98 Å². The van der Waals surface area contributed by atoms with Gasteiger partial charge in [0.25, 0.3) is 0 Å². The van der Waals surface area contributed by atoms with E-state index in [9.17, 15) is 0 Å². The summed E-state index contributed by atoms with van der Waals surface area (Å²) in [7, 11) is 0. The summed E-state index contributed by atoms with van der Waals surface area (Å²) in [6.07, 6.45) is 0. The number of hydrogen-bond acceptors (Lipinski definition) is 4. The second kappa shape index (κ2) is 5.46. The fraction of sp³-hybridized carbons (Fsp3) is 0.0667. The molecule has 2 aromatic carbocycles. The number of nitrogens with one attached hydrogen (secondary N) is 2. The van der Waals surface area contributed by atoms with E-state index < -0.39 is 0 Å². The molecule has 0 aliphatic heterocycles. The number of aromatic amines is 1. The summed E-state index contributed by atoms with van der Waals surface area (Å²) >= 11 is 6.28. The Morgan fingerprint density at radius 2 is 1.90 bits per heavy atom. The van der Waals surface area contributed by atoms with Gasteiger partial charge in [-0.25, -0.2) is 5.10 Å². The molecule has 0 radical (unpaired) electrons. The minimum Gasteiger partial charge on any atom is -0.368 e. The van der Waals surface area contributed by atoms with Crippen molar-refractivity contribution in [2.24, 2.45) is 0 Å². The van der Waals surface area contributed by atoms with Crippen molar-refractivity contribution in [2.75, 3.05) is 11.1 Å². The van der Waals surface area contributed by atoms with Crippen LogP contribution in [0.1, 0.15) is 5.56 Å². The molecule has 0 spiro atoms. The number of halogens is 1. The number of hydrogen-bond donors (Lipinski definition) is 3. The molecule has 1 aromatic heterocycles. The van der Waals surface area contributed by atoms with E-state index in [-0.39, 0.29) is 5.95 Å². The summed E-state index contributed by atoms with van der Waals surface area (Å²) in [6, 6.07) is 13.8. The minimum absolute atomic E-state index is 0.279. The average molecular weight is 300 g/mol. The lowest BCUT2D eigenvalue weighted by Gasteiger charge is -2.09. The molecule has 106 valence electrons. The summed E-state index contributed by atoms with van der Waals surface area (Å²) in [5.74, 6) is 0.718. The molecule has 0 fully saturated rings. The third-order valence-corrected chi connectivity index (χ3v) is 3.47. The quantitative estimate of drug-likeness (QED) is 0.688. The monoisotopic (exact) mass is 299 g/mol. The molecule has 0 saturated carbocycles. The van der Waals surface area contributed by atoms with Gasteiger partial charge in [0, 0.05) is 16.3 Å². The maximum Gasteiger partial charge on any atom is 0.248 e. The molecule has 5 nitrogen and oxygen atoms in total. The Labute approximate surface area is 127 Å². The van der Waals surface area contributed by atoms with Gasteiger partial charge >= 0.3 is 0 Å². The number of rotatable bonds is 3. The number of nitrogen functional groups attached to an aromatic ring is 1. The molecule has 21 heavy (non-hydrogen) atoms. The first kappa shape index (κ1) is 13.5. The number of benzene rings is 2. The van der Waals surface area contributed by atoms with Gasteiger partial charge in [0.1, 0.15) is 0 Å². The van der Waals surface area contributed by atoms with Crippen LogP contribution in [0.3, 0.4) is 0 Å². The van der Waals surface area contributed by atoms with E-state index in [2.05, 4.69) is 20.5 Å². The smallest absolute Gasteiger partial charge is 0.248 e. The molecule has 3 rings (SSSR count). The Hall–Kier alpha value is -2.53. The zero-order valence-electron chi connectivity index (χ0n) is 11.4. The van der Waals surface area contributed by atoms with Crippen LogP contribution < -0.4 is 11.1 Å². The molecule has 0 aliphatic carbocycles. The molecule has 0 saturated heterocycles. The number of H-pyrrole nitrogens is 1. The van der Waals surface area contributed by atoms with E-state index in [0.717, 1.165) is 27.4 Å². The van der Waals surface area contributed by atoms with Gasteiger partial charge in [-0.3, -0.25) is 0 Å². The molecular weight excluding hydrogens is 286 g/mol. The number of nitrogens with two attached hydrogens (primary N) is 1. The van der Waals surface area contributed by atoms with Crippen LogP contribution in [0.5, 0.6) is 0 Å². The molecular formula is C15H14ClN5. The third kappa shape index (κ3) is 2.83. The predicted octanol–water partition coefficient (Wildman–Crippen LogP) is 3.76. The van der Waals surface area contributed by atoms with Gasteiger partial charge in [0.2, 0.25) is 11.9 Å². The molecule has 6 heteroatoms. The maximum absolute atomic E-state index is 6.28. The SMILES string of the molecule is Cc1cccc(Cl)c1-c1ccc(Nc2n[nH]c(N)n2)cc1. The first-order valence-corrected chi connectivity index (χ1v) is 6.82. The van der Waals surface area contributed by atoms with Crippen molar-refractivity contribution in [2.45, 2.75) is 6.92 Å². The Morgan fingerprint density at radius 1 is 1.14 bits per heavy atom. The number of anilines is 3. The largest absolute Gasteiger partial charge is 0.368 e. The van der Waals surface area contributed by atoms with E-state index in [1.165, 1.54) is 0 Å². The Morgan fingerprint density at radius 3 is 2.52 bits per heavy atom. The Balaban J connectivity index is 1.87. The molecule has 1 heterocycles. The zero-order chi connectivity index (χ0) is 14.8. The van der Waals surface area contributed by atoms with E-state index in [1.54, 1.807) is 0 Å². The van der Waals surface area contributed by atoms with E-state index in [0.29, 0.717) is 5.95 Å². The van der Waals surface area contributed by atoms with Crippen molar-refractivity contribution >= 4 is 29.2 Å². The lowest BCUT2D eigenvalue weighted by molar-refractivity contribution is 1.10. The topological polar surface area (TPSA) is 79.6 Å².